The van der Waals surface area contributed by atoms with Crippen molar-refractivity contribution in [3.8, 4) is 5.75 Å². The third kappa shape index (κ3) is 3.57. The Balaban J connectivity index is 2.12. The number of carbonyl (C=O) groups is 1. The molecule has 1 aromatic heterocycles. The number of hydrogen-bond donors (Lipinski definition) is 0. The molecule has 0 spiro atoms. The molecule has 4 nitrogen and oxygen atoms in total. The van der Waals surface area contributed by atoms with E-state index in [2.05, 4.69) is 13.8 Å². The Morgan fingerprint density at radius 1 is 1.24 bits per heavy atom. The van der Waals surface area contributed by atoms with Crippen molar-refractivity contribution >= 4 is 16.9 Å². The van der Waals surface area contributed by atoms with E-state index in [1.165, 1.54) is 0 Å². The molecule has 0 N–H and O–H groups in total. The molecule has 114 valence electrons. The average molecular weight is 289 g/mol. The van der Waals surface area contributed by atoms with Crippen molar-refractivity contribution in [2.45, 2.75) is 33.2 Å². The van der Waals surface area contributed by atoms with Crippen LogP contribution in [0.25, 0.3) is 10.9 Å². The van der Waals surface area contributed by atoms with Crippen LogP contribution in [0.2, 0.25) is 0 Å². The van der Waals surface area contributed by atoms with Crippen molar-refractivity contribution in [2.24, 2.45) is 5.92 Å². The highest BCUT2D eigenvalue weighted by atomic mass is 16.5. The number of carbonyl (C=O) groups excluding carboxylic acids is 1. The van der Waals surface area contributed by atoms with E-state index < -0.39 is 0 Å². The van der Waals surface area contributed by atoms with Gasteiger partial charge in [-0.05, 0) is 43.5 Å². The van der Waals surface area contributed by atoms with Crippen LogP contribution >= 0.6 is 0 Å². The standard InChI is InChI=1S/C17H23NO3/c1-12(2)8-10-21-17(19)13(3)18-9-7-14-11-15(20-4)5-6-16(14)18/h5-7,9,11-13H,8,10H2,1-4H3. The molecule has 0 fully saturated rings. The lowest BCUT2D eigenvalue weighted by atomic mass is 10.1. The first-order valence-corrected chi connectivity index (χ1v) is 7.34. The van der Waals surface area contributed by atoms with Crippen LogP contribution in [0, 0.1) is 5.92 Å². The van der Waals surface area contributed by atoms with Gasteiger partial charge in [-0.15, -0.1) is 0 Å². The zero-order valence-electron chi connectivity index (χ0n) is 13.1. The Bertz CT molecular complexity index is 616. The lowest BCUT2D eigenvalue weighted by molar-refractivity contribution is -0.147. The van der Waals surface area contributed by atoms with Gasteiger partial charge in [0.15, 0.2) is 0 Å². The summed E-state index contributed by atoms with van der Waals surface area (Å²) in [5.74, 6) is 1.16. The monoisotopic (exact) mass is 289 g/mol. The number of methoxy groups -OCH3 is 1. The minimum atomic E-state index is -0.331. The van der Waals surface area contributed by atoms with Gasteiger partial charge in [0.1, 0.15) is 11.8 Å². The van der Waals surface area contributed by atoms with Crippen LogP contribution in [0.1, 0.15) is 33.2 Å². The Hall–Kier alpha value is -1.97. The SMILES string of the molecule is COc1ccc2c(ccn2C(C)C(=O)OCCC(C)C)c1. The van der Waals surface area contributed by atoms with E-state index in [1.807, 2.05) is 42.0 Å². The molecule has 0 radical (unpaired) electrons. The summed E-state index contributed by atoms with van der Waals surface area (Å²) in [6.07, 6.45) is 2.81. The molecule has 1 heterocycles. The fourth-order valence-electron chi connectivity index (χ4n) is 2.24. The molecule has 0 aliphatic heterocycles. The summed E-state index contributed by atoms with van der Waals surface area (Å²) in [5, 5.41) is 1.05. The summed E-state index contributed by atoms with van der Waals surface area (Å²) in [6, 6.07) is 7.48. The second kappa shape index (κ2) is 6.66. The molecule has 0 saturated carbocycles. The quantitative estimate of drug-likeness (QED) is 0.759. The minimum absolute atomic E-state index is 0.191. The number of ether oxygens (including phenoxy) is 2. The molecule has 21 heavy (non-hydrogen) atoms. The second-order valence-electron chi connectivity index (χ2n) is 5.67. The van der Waals surface area contributed by atoms with Gasteiger partial charge in [0.05, 0.1) is 13.7 Å². The largest absolute Gasteiger partial charge is 0.497 e. The average Bonchev–Trinajstić information content (AvgIpc) is 2.88. The summed E-state index contributed by atoms with van der Waals surface area (Å²) in [6.45, 7) is 6.57. The van der Waals surface area contributed by atoms with Gasteiger partial charge in [0.2, 0.25) is 0 Å². The van der Waals surface area contributed by atoms with E-state index in [1.54, 1.807) is 7.11 Å². The van der Waals surface area contributed by atoms with Crippen LogP contribution in [0.3, 0.4) is 0 Å². The van der Waals surface area contributed by atoms with Crippen molar-refractivity contribution in [3.63, 3.8) is 0 Å². The first-order valence-electron chi connectivity index (χ1n) is 7.34. The molecular weight excluding hydrogens is 266 g/mol. The third-order valence-electron chi connectivity index (χ3n) is 3.63. The first kappa shape index (κ1) is 15.4. The summed E-state index contributed by atoms with van der Waals surface area (Å²) >= 11 is 0. The zero-order valence-corrected chi connectivity index (χ0v) is 13.1. The van der Waals surface area contributed by atoms with Crippen molar-refractivity contribution < 1.29 is 14.3 Å². The molecule has 1 unspecified atom stereocenters. The summed E-state index contributed by atoms with van der Waals surface area (Å²) in [5.41, 5.74) is 1.00. The van der Waals surface area contributed by atoms with Crippen molar-refractivity contribution in [1.29, 1.82) is 0 Å². The van der Waals surface area contributed by atoms with Crippen molar-refractivity contribution in [3.05, 3.63) is 30.5 Å². The van der Waals surface area contributed by atoms with Gasteiger partial charge in [0, 0.05) is 17.1 Å². The smallest absolute Gasteiger partial charge is 0.328 e. The summed E-state index contributed by atoms with van der Waals surface area (Å²) in [7, 11) is 1.65. The highest BCUT2D eigenvalue weighted by Gasteiger charge is 2.18. The number of esters is 1. The molecule has 4 heteroatoms. The molecule has 0 aliphatic carbocycles. The highest BCUT2D eigenvalue weighted by molar-refractivity contribution is 5.84. The van der Waals surface area contributed by atoms with Crippen LogP contribution in [0.4, 0.5) is 0 Å². The zero-order chi connectivity index (χ0) is 15.4. The Kier molecular flexibility index (Phi) is 4.89. The molecule has 1 atom stereocenters. The van der Waals surface area contributed by atoms with Crippen molar-refractivity contribution in [1.82, 2.24) is 4.57 Å². The van der Waals surface area contributed by atoms with Gasteiger partial charge < -0.3 is 14.0 Å². The number of rotatable bonds is 6. The molecule has 0 amide bonds. The van der Waals surface area contributed by atoms with E-state index in [9.17, 15) is 4.79 Å². The molecule has 0 bridgehead atoms. The fourth-order valence-corrected chi connectivity index (χ4v) is 2.24. The lowest BCUT2D eigenvalue weighted by Gasteiger charge is -2.15. The van der Waals surface area contributed by atoms with Gasteiger partial charge in [-0.25, -0.2) is 4.79 Å². The maximum absolute atomic E-state index is 12.1. The van der Waals surface area contributed by atoms with Crippen LogP contribution in [0.15, 0.2) is 30.5 Å². The van der Waals surface area contributed by atoms with Gasteiger partial charge >= 0.3 is 5.97 Å². The second-order valence-corrected chi connectivity index (χ2v) is 5.67. The van der Waals surface area contributed by atoms with Crippen molar-refractivity contribution in [2.75, 3.05) is 13.7 Å². The predicted molar refractivity (Wildman–Crippen MR) is 83.6 cm³/mol. The van der Waals surface area contributed by atoms with E-state index >= 15 is 0 Å². The lowest BCUT2D eigenvalue weighted by Crippen LogP contribution is -2.19. The Morgan fingerprint density at radius 3 is 2.67 bits per heavy atom. The summed E-state index contributed by atoms with van der Waals surface area (Å²) < 4.78 is 12.5. The molecular formula is C17H23NO3. The van der Waals surface area contributed by atoms with E-state index in [-0.39, 0.29) is 12.0 Å². The minimum Gasteiger partial charge on any atom is -0.497 e. The number of aromatic nitrogens is 1. The molecule has 0 aliphatic rings. The number of hydrogen-bond acceptors (Lipinski definition) is 3. The molecule has 1 aromatic carbocycles. The third-order valence-corrected chi connectivity index (χ3v) is 3.63. The molecule has 0 saturated heterocycles. The van der Waals surface area contributed by atoms with Gasteiger partial charge in [-0.1, -0.05) is 13.8 Å². The maximum Gasteiger partial charge on any atom is 0.328 e. The number of fused-ring (bicyclic) bond motifs is 1. The Labute approximate surface area is 125 Å². The van der Waals surface area contributed by atoms with Crippen LogP contribution in [-0.2, 0) is 9.53 Å². The number of benzene rings is 1. The normalized spacial score (nSPS) is 12.6. The molecule has 2 rings (SSSR count). The van der Waals surface area contributed by atoms with E-state index in [4.69, 9.17) is 9.47 Å². The Morgan fingerprint density at radius 2 is 2.00 bits per heavy atom. The first-order chi connectivity index (χ1) is 10.0. The van der Waals surface area contributed by atoms with Crippen LogP contribution < -0.4 is 4.74 Å². The molecule has 2 aromatic rings. The van der Waals surface area contributed by atoms with Gasteiger partial charge in [-0.2, -0.15) is 0 Å². The maximum atomic E-state index is 12.1. The number of nitrogens with zero attached hydrogens (tertiary/aromatic N) is 1. The fraction of sp³-hybridized carbons (Fsp3) is 0.471. The highest BCUT2D eigenvalue weighted by Crippen LogP contribution is 2.25. The van der Waals surface area contributed by atoms with E-state index in [0.29, 0.717) is 12.5 Å². The van der Waals surface area contributed by atoms with Crippen LogP contribution in [-0.4, -0.2) is 24.3 Å². The topological polar surface area (TPSA) is 40.5 Å². The van der Waals surface area contributed by atoms with Crippen LogP contribution in [0.5, 0.6) is 5.75 Å². The summed E-state index contributed by atoms with van der Waals surface area (Å²) in [4.78, 5) is 12.1. The van der Waals surface area contributed by atoms with Gasteiger partial charge in [0.25, 0.3) is 0 Å². The van der Waals surface area contributed by atoms with Gasteiger partial charge in [-0.3, -0.25) is 0 Å². The predicted octanol–water partition coefficient (Wildman–Crippen LogP) is 3.80. The van der Waals surface area contributed by atoms with E-state index in [0.717, 1.165) is 23.1 Å².